The van der Waals surface area contributed by atoms with Crippen LogP contribution in [0.15, 0.2) is 47.9 Å². The molecule has 0 atom stereocenters. The molecule has 0 unspecified atom stereocenters. The molecule has 0 aliphatic rings. The minimum absolute atomic E-state index is 0.0988. The van der Waals surface area contributed by atoms with Crippen LogP contribution in [0.4, 0.5) is 11.4 Å². The van der Waals surface area contributed by atoms with Gasteiger partial charge >= 0.3 is 0 Å². The summed E-state index contributed by atoms with van der Waals surface area (Å²) in [7, 11) is 1.97. The SMILES string of the molecule is Cc1cnccc1N(C)c1cccc(C(N)=NO)c1. The quantitative estimate of drug-likeness (QED) is 0.382. The molecular formula is C14H16N4O. The summed E-state index contributed by atoms with van der Waals surface area (Å²) in [5.41, 5.74) is 9.38. The minimum atomic E-state index is 0.0988. The molecule has 1 aromatic carbocycles. The Balaban J connectivity index is 2.40. The molecule has 2 rings (SSSR count). The van der Waals surface area contributed by atoms with E-state index in [2.05, 4.69) is 10.1 Å². The summed E-state index contributed by atoms with van der Waals surface area (Å²) in [4.78, 5) is 6.11. The minimum Gasteiger partial charge on any atom is -0.409 e. The van der Waals surface area contributed by atoms with E-state index in [-0.39, 0.29) is 5.84 Å². The molecule has 5 nitrogen and oxygen atoms in total. The maximum Gasteiger partial charge on any atom is 0.170 e. The van der Waals surface area contributed by atoms with Crippen molar-refractivity contribution in [2.24, 2.45) is 10.9 Å². The Morgan fingerprint density at radius 3 is 2.84 bits per heavy atom. The van der Waals surface area contributed by atoms with E-state index in [0.717, 1.165) is 16.9 Å². The smallest absolute Gasteiger partial charge is 0.170 e. The lowest BCUT2D eigenvalue weighted by atomic mass is 10.1. The molecule has 0 radical (unpaired) electrons. The highest BCUT2D eigenvalue weighted by Gasteiger charge is 2.08. The molecule has 1 aromatic heterocycles. The van der Waals surface area contributed by atoms with Crippen LogP contribution in [0, 0.1) is 6.92 Å². The molecular weight excluding hydrogens is 240 g/mol. The predicted molar refractivity (Wildman–Crippen MR) is 76.0 cm³/mol. The topological polar surface area (TPSA) is 74.7 Å². The van der Waals surface area contributed by atoms with Crippen LogP contribution in [0.1, 0.15) is 11.1 Å². The number of aromatic nitrogens is 1. The van der Waals surface area contributed by atoms with E-state index in [4.69, 9.17) is 10.9 Å². The molecule has 0 saturated carbocycles. The molecule has 0 aliphatic carbocycles. The van der Waals surface area contributed by atoms with Crippen molar-refractivity contribution in [1.29, 1.82) is 0 Å². The van der Waals surface area contributed by atoms with Crippen LogP contribution >= 0.6 is 0 Å². The lowest BCUT2D eigenvalue weighted by molar-refractivity contribution is 0.318. The highest BCUT2D eigenvalue weighted by atomic mass is 16.4. The van der Waals surface area contributed by atoms with Gasteiger partial charge in [-0.05, 0) is 30.7 Å². The summed E-state index contributed by atoms with van der Waals surface area (Å²) >= 11 is 0. The predicted octanol–water partition coefficient (Wildman–Crippen LogP) is 2.25. The van der Waals surface area contributed by atoms with Crippen LogP contribution in [0.5, 0.6) is 0 Å². The van der Waals surface area contributed by atoms with E-state index in [1.165, 1.54) is 0 Å². The Morgan fingerprint density at radius 2 is 2.16 bits per heavy atom. The fourth-order valence-corrected chi connectivity index (χ4v) is 1.91. The normalized spacial score (nSPS) is 11.4. The van der Waals surface area contributed by atoms with Crippen LogP contribution in [-0.2, 0) is 0 Å². The van der Waals surface area contributed by atoms with Gasteiger partial charge in [0.05, 0.1) is 0 Å². The second-order valence-electron chi connectivity index (χ2n) is 4.26. The van der Waals surface area contributed by atoms with E-state index in [1.807, 2.05) is 49.3 Å². The summed E-state index contributed by atoms with van der Waals surface area (Å²) in [5.74, 6) is 0.0988. The van der Waals surface area contributed by atoms with Gasteiger partial charge in [-0.2, -0.15) is 0 Å². The van der Waals surface area contributed by atoms with Crippen molar-refractivity contribution < 1.29 is 5.21 Å². The molecule has 1 heterocycles. The third-order valence-electron chi connectivity index (χ3n) is 2.99. The molecule has 3 N–H and O–H groups in total. The molecule has 2 aromatic rings. The summed E-state index contributed by atoms with van der Waals surface area (Å²) in [6, 6.07) is 9.45. The second-order valence-corrected chi connectivity index (χ2v) is 4.26. The van der Waals surface area contributed by atoms with Crippen molar-refractivity contribution in [2.75, 3.05) is 11.9 Å². The molecule has 0 aliphatic heterocycles. The Morgan fingerprint density at radius 1 is 1.37 bits per heavy atom. The van der Waals surface area contributed by atoms with Crippen LogP contribution < -0.4 is 10.6 Å². The largest absolute Gasteiger partial charge is 0.409 e. The second kappa shape index (κ2) is 5.39. The van der Waals surface area contributed by atoms with Gasteiger partial charge in [0.2, 0.25) is 0 Å². The highest BCUT2D eigenvalue weighted by molar-refractivity contribution is 5.98. The summed E-state index contributed by atoms with van der Waals surface area (Å²) < 4.78 is 0. The Labute approximate surface area is 112 Å². The van der Waals surface area contributed by atoms with E-state index in [0.29, 0.717) is 5.56 Å². The van der Waals surface area contributed by atoms with Gasteiger partial charge in [0, 0.05) is 36.4 Å². The first-order valence-corrected chi connectivity index (χ1v) is 5.86. The van der Waals surface area contributed by atoms with Gasteiger partial charge in [-0.25, -0.2) is 0 Å². The third-order valence-corrected chi connectivity index (χ3v) is 2.99. The van der Waals surface area contributed by atoms with Crippen LogP contribution in [0.25, 0.3) is 0 Å². The van der Waals surface area contributed by atoms with E-state index in [1.54, 1.807) is 12.3 Å². The first-order valence-electron chi connectivity index (χ1n) is 5.86. The number of rotatable bonds is 3. The zero-order valence-electron chi connectivity index (χ0n) is 10.9. The van der Waals surface area contributed by atoms with Gasteiger partial charge < -0.3 is 15.8 Å². The Kier molecular flexibility index (Phi) is 3.66. The van der Waals surface area contributed by atoms with Crippen LogP contribution in [0.3, 0.4) is 0 Å². The number of hydrogen-bond donors (Lipinski definition) is 2. The molecule has 0 fully saturated rings. The average molecular weight is 256 g/mol. The van der Waals surface area contributed by atoms with Gasteiger partial charge in [0.1, 0.15) is 0 Å². The van der Waals surface area contributed by atoms with Gasteiger partial charge in [-0.3, -0.25) is 4.98 Å². The standard InChI is InChI=1S/C14H16N4O/c1-10-9-16-7-6-13(10)18(2)12-5-3-4-11(8-12)14(15)17-19/h3-9,19H,1-2H3,(H2,15,17). The highest BCUT2D eigenvalue weighted by Crippen LogP contribution is 2.26. The zero-order chi connectivity index (χ0) is 13.8. The van der Waals surface area contributed by atoms with Gasteiger partial charge in [-0.15, -0.1) is 0 Å². The molecule has 0 spiro atoms. The first-order chi connectivity index (χ1) is 9.13. The number of nitrogens with zero attached hydrogens (tertiary/aromatic N) is 3. The maximum absolute atomic E-state index is 8.72. The summed E-state index contributed by atoms with van der Waals surface area (Å²) in [6.07, 6.45) is 3.57. The van der Waals surface area contributed by atoms with Crippen LogP contribution in [-0.4, -0.2) is 23.1 Å². The lowest BCUT2D eigenvalue weighted by Crippen LogP contribution is -2.15. The number of oxime groups is 1. The third kappa shape index (κ3) is 2.65. The van der Waals surface area contributed by atoms with Crippen molar-refractivity contribution in [3.8, 4) is 0 Å². The van der Waals surface area contributed by atoms with Gasteiger partial charge in [0.25, 0.3) is 0 Å². The average Bonchev–Trinajstić information content (AvgIpc) is 2.46. The number of pyridine rings is 1. The number of hydrogen-bond acceptors (Lipinski definition) is 4. The Bertz CT molecular complexity index is 610. The van der Waals surface area contributed by atoms with E-state index < -0.39 is 0 Å². The monoisotopic (exact) mass is 256 g/mol. The summed E-state index contributed by atoms with van der Waals surface area (Å²) in [5, 5.41) is 11.7. The number of benzene rings is 1. The lowest BCUT2D eigenvalue weighted by Gasteiger charge is -2.21. The van der Waals surface area contributed by atoms with Crippen molar-refractivity contribution in [3.05, 3.63) is 53.9 Å². The molecule has 5 heteroatoms. The maximum atomic E-state index is 8.72. The van der Waals surface area contributed by atoms with Crippen molar-refractivity contribution in [1.82, 2.24) is 4.98 Å². The van der Waals surface area contributed by atoms with Crippen molar-refractivity contribution in [3.63, 3.8) is 0 Å². The molecule has 0 bridgehead atoms. The number of amidine groups is 1. The Hall–Kier alpha value is -2.56. The van der Waals surface area contributed by atoms with Gasteiger partial charge in [0.15, 0.2) is 5.84 Å². The summed E-state index contributed by atoms with van der Waals surface area (Å²) in [6.45, 7) is 2.01. The number of anilines is 2. The van der Waals surface area contributed by atoms with Gasteiger partial charge in [-0.1, -0.05) is 17.3 Å². The van der Waals surface area contributed by atoms with Crippen molar-refractivity contribution in [2.45, 2.75) is 6.92 Å². The fourth-order valence-electron chi connectivity index (χ4n) is 1.91. The van der Waals surface area contributed by atoms with E-state index in [9.17, 15) is 0 Å². The fraction of sp³-hybridized carbons (Fsp3) is 0.143. The molecule has 98 valence electrons. The zero-order valence-corrected chi connectivity index (χ0v) is 10.9. The first kappa shape index (κ1) is 12.9. The number of aryl methyl sites for hydroxylation is 1. The molecule has 19 heavy (non-hydrogen) atoms. The molecule has 0 amide bonds. The van der Waals surface area contributed by atoms with E-state index >= 15 is 0 Å². The van der Waals surface area contributed by atoms with Crippen LogP contribution in [0.2, 0.25) is 0 Å². The van der Waals surface area contributed by atoms with Crippen molar-refractivity contribution >= 4 is 17.2 Å². The molecule has 0 saturated heterocycles. The number of nitrogens with two attached hydrogens (primary N) is 1.